The third kappa shape index (κ3) is 6.01. The average molecular weight is 274 g/mol. The number of carbonyl (C=O) groups excluding carboxylic acids is 1. The van der Waals surface area contributed by atoms with E-state index in [9.17, 15) is 13.6 Å². The van der Waals surface area contributed by atoms with Gasteiger partial charge in [-0.05, 0) is 24.3 Å². The van der Waals surface area contributed by atoms with Crippen molar-refractivity contribution in [2.24, 2.45) is 0 Å². The van der Waals surface area contributed by atoms with Gasteiger partial charge in [-0.2, -0.15) is 0 Å². The number of hydrogen-bond donors (Lipinski definition) is 3. The minimum absolute atomic E-state index is 0.0142. The minimum atomic E-state index is -2.87. The largest absolute Gasteiger partial charge is 0.493 e. The van der Waals surface area contributed by atoms with E-state index in [-0.39, 0.29) is 13.0 Å². The van der Waals surface area contributed by atoms with Crippen molar-refractivity contribution in [1.82, 2.24) is 5.32 Å². The van der Waals surface area contributed by atoms with Gasteiger partial charge in [-0.1, -0.05) is 0 Å². The lowest BCUT2D eigenvalue weighted by Gasteiger charge is -2.11. The zero-order valence-corrected chi connectivity index (χ0v) is 10.2. The molecule has 1 aromatic carbocycles. The molecule has 4 N–H and O–H groups in total. The molecule has 1 rings (SSSR count). The van der Waals surface area contributed by atoms with Gasteiger partial charge < -0.3 is 20.9 Å². The number of nitrogens with one attached hydrogen (secondary N) is 1. The first-order valence-corrected chi connectivity index (χ1v) is 5.70. The van der Waals surface area contributed by atoms with Crippen molar-refractivity contribution in [2.45, 2.75) is 19.0 Å². The van der Waals surface area contributed by atoms with E-state index in [1.807, 2.05) is 0 Å². The molecule has 0 aliphatic rings. The Hall–Kier alpha value is -1.89. The summed E-state index contributed by atoms with van der Waals surface area (Å²) in [5, 5.41) is 11.0. The summed E-state index contributed by atoms with van der Waals surface area (Å²) in [7, 11) is 0. The summed E-state index contributed by atoms with van der Waals surface area (Å²) >= 11 is 0. The van der Waals surface area contributed by atoms with Gasteiger partial charge >= 0.3 is 0 Å². The van der Waals surface area contributed by atoms with E-state index in [4.69, 9.17) is 15.6 Å². The fourth-order valence-corrected chi connectivity index (χ4v) is 1.22. The number of aliphatic hydroxyl groups excluding tert-OH is 1. The minimum Gasteiger partial charge on any atom is -0.493 e. The average Bonchev–Trinajstić information content (AvgIpc) is 2.38. The Bertz CT molecular complexity index is 398. The van der Waals surface area contributed by atoms with E-state index < -0.39 is 25.0 Å². The second-order valence-electron chi connectivity index (χ2n) is 3.87. The number of nitrogens with two attached hydrogens (primary N) is 1. The lowest BCUT2D eigenvalue weighted by molar-refractivity contribution is -0.122. The molecule has 0 saturated carbocycles. The zero-order chi connectivity index (χ0) is 14.3. The number of benzene rings is 1. The van der Waals surface area contributed by atoms with Crippen molar-refractivity contribution in [1.29, 1.82) is 0 Å². The van der Waals surface area contributed by atoms with Gasteiger partial charge in [0, 0.05) is 12.2 Å². The van der Waals surface area contributed by atoms with E-state index in [2.05, 4.69) is 5.32 Å². The summed E-state index contributed by atoms with van der Waals surface area (Å²) in [4.78, 5) is 11.2. The van der Waals surface area contributed by atoms with Gasteiger partial charge in [-0.15, -0.1) is 0 Å². The number of halogens is 2. The monoisotopic (exact) mass is 274 g/mol. The number of hydrogen-bond acceptors (Lipinski definition) is 4. The van der Waals surface area contributed by atoms with E-state index in [0.29, 0.717) is 11.4 Å². The number of alkyl halides is 2. The first-order chi connectivity index (χ1) is 8.99. The third-order valence-electron chi connectivity index (χ3n) is 2.28. The van der Waals surface area contributed by atoms with Crippen molar-refractivity contribution in [3.8, 4) is 5.75 Å². The van der Waals surface area contributed by atoms with Crippen LogP contribution in [0, 0.1) is 0 Å². The van der Waals surface area contributed by atoms with Gasteiger partial charge in [0.05, 0.1) is 13.0 Å². The number of amides is 1. The van der Waals surface area contributed by atoms with Gasteiger partial charge in [0.15, 0.2) is 0 Å². The van der Waals surface area contributed by atoms with Crippen LogP contribution in [0.2, 0.25) is 0 Å². The Kier molecular flexibility index (Phi) is 6.01. The predicted molar refractivity (Wildman–Crippen MR) is 66.0 cm³/mol. The van der Waals surface area contributed by atoms with Crippen molar-refractivity contribution >= 4 is 11.6 Å². The molecular formula is C12H16F2N2O3. The molecule has 0 spiro atoms. The lowest BCUT2D eigenvalue weighted by atomic mass is 10.3. The van der Waals surface area contributed by atoms with Crippen LogP contribution in [0.3, 0.4) is 0 Å². The molecule has 19 heavy (non-hydrogen) atoms. The summed E-state index contributed by atoms with van der Waals surface area (Å²) in [6.07, 6.45) is -4.70. The maximum absolute atomic E-state index is 11.9. The molecule has 1 atom stereocenters. The summed E-state index contributed by atoms with van der Waals surface area (Å²) < 4.78 is 29.2. The smallest absolute Gasteiger partial charge is 0.265 e. The highest BCUT2D eigenvalue weighted by atomic mass is 19.3. The molecule has 1 unspecified atom stereocenters. The van der Waals surface area contributed by atoms with Crippen LogP contribution in [0.25, 0.3) is 0 Å². The highest BCUT2D eigenvalue weighted by Gasteiger charge is 2.17. The fraction of sp³-hybridized carbons (Fsp3) is 0.417. The number of anilines is 1. The maximum Gasteiger partial charge on any atom is 0.265 e. The van der Waals surface area contributed by atoms with Crippen LogP contribution in [-0.4, -0.2) is 36.7 Å². The molecule has 5 nitrogen and oxygen atoms in total. The molecule has 0 bridgehead atoms. The molecule has 0 aliphatic heterocycles. The van der Waals surface area contributed by atoms with Gasteiger partial charge in [-0.3, -0.25) is 4.79 Å². The van der Waals surface area contributed by atoms with Crippen LogP contribution in [-0.2, 0) is 4.79 Å². The van der Waals surface area contributed by atoms with Crippen LogP contribution in [0.4, 0.5) is 14.5 Å². The highest BCUT2D eigenvalue weighted by Crippen LogP contribution is 2.13. The first-order valence-electron chi connectivity index (χ1n) is 5.70. The molecule has 1 aromatic rings. The molecule has 0 radical (unpaired) electrons. The van der Waals surface area contributed by atoms with Crippen molar-refractivity contribution in [3.05, 3.63) is 24.3 Å². The summed E-state index contributed by atoms with van der Waals surface area (Å²) in [6.45, 7) is -0.362. The summed E-state index contributed by atoms with van der Waals surface area (Å²) in [6, 6.07) is 6.64. The number of aliphatic hydroxyl groups is 1. The van der Waals surface area contributed by atoms with Crippen LogP contribution in [0.1, 0.15) is 6.42 Å². The molecular weight excluding hydrogens is 258 g/mol. The molecule has 0 aliphatic carbocycles. The SMILES string of the molecule is Nc1ccc(OCCC(=O)NCC(O)C(F)F)cc1. The first kappa shape index (κ1) is 15.2. The predicted octanol–water partition coefficient (Wildman–Crippen LogP) is 0.780. The second-order valence-corrected chi connectivity index (χ2v) is 3.87. The molecule has 1 amide bonds. The molecule has 0 heterocycles. The molecule has 0 fully saturated rings. The third-order valence-corrected chi connectivity index (χ3v) is 2.28. The Morgan fingerprint density at radius 2 is 2.00 bits per heavy atom. The van der Waals surface area contributed by atoms with Crippen LogP contribution >= 0.6 is 0 Å². The van der Waals surface area contributed by atoms with Crippen LogP contribution < -0.4 is 15.8 Å². The Morgan fingerprint density at radius 3 is 2.58 bits per heavy atom. The van der Waals surface area contributed by atoms with Crippen molar-refractivity contribution < 1.29 is 23.4 Å². The van der Waals surface area contributed by atoms with E-state index in [1.165, 1.54) is 0 Å². The van der Waals surface area contributed by atoms with E-state index in [1.54, 1.807) is 24.3 Å². The van der Waals surface area contributed by atoms with Crippen LogP contribution in [0.5, 0.6) is 5.75 Å². The van der Waals surface area contributed by atoms with Gasteiger partial charge in [0.1, 0.15) is 11.9 Å². The topological polar surface area (TPSA) is 84.6 Å². The van der Waals surface area contributed by atoms with Gasteiger partial charge in [0.2, 0.25) is 5.91 Å². The van der Waals surface area contributed by atoms with Crippen molar-refractivity contribution in [2.75, 3.05) is 18.9 Å². The van der Waals surface area contributed by atoms with Gasteiger partial charge in [0.25, 0.3) is 6.43 Å². The van der Waals surface area contributed by atoms with Crippen molar-refractivity contribution in [3.63, 3.8) is 0 Å². The summed E-state index contributed by atoms with van der Waals surface area (Å²) in [5.74, 6) is 0.102. The van der Waals surface area contributed by atoms with E-state index in [0.717, 1.165) is 0 Å². The normalized spacial score (nSPS) is 12.2. The lowest BCUT2D eigenvalue weighted by Crippen LogP contribution is -2.36. The number of rotatable bonds is 7. The van der Waals surface area contributed by atoms with Gasteiger partial charge in [-0.25, -0.2) is 8.78 Å². The standard InChI is InChI=1S/C12H16F2N2O3/c13-12(14)10(17)7-16-11(18)5-6-19-9-3-1-8(15)2-4-9/h1-4,10,12,17H,5-7,15H2,(H,16,18). The molecule has 106 valence electrons. The molecule has 7 heteroatoms. The fourth-order valence-electron chi connectivity index (χ4n) is 1.22. The Morgan fingerprint density at radius 1 is 1.37 bits per heavy atom. The molecule has 0 aromatic heterocycles. The highest BCUT2D eigenvalue weighted by molar-refractivity contribution is 5.76. The Labute approximate surface area is 109 Å². The quantitative estimate of drug-likeness (QED) is 0.641. The zero-order valence-electron chi connectivity index (χ0n) is 10.2. The number of ether oxygens (including phenoxy) is 1. The summed E-state index contributed by atoms with van der Waals surface area (Å²) in [5.41, 5.74) is 6.09. The number of nitrogen functional groups attached to an aromatic ring is 1. The van der Waals surface area contributed by atoms with Crippen LogP contribution in [0.15, 0.2) is 24.3 Å². The Balaban J connectivity index is 2.18. The van der Waals surface area contributed by atoms with E-state index >= 15 is 0 Å². The second kappa shape index (κ2) is 7.52. The maximum atomic E-state index is 11.9. The molecule has 0 saturated heterocycles. The number of carbonyl (C=O) groups is 1.